The Labute approximate surface area is 173 Å². The topological polar surface area (TPSA) is 77.0 Å². The number of carbonyl (C=O) groups excluding carboxylic acids is 1. The van der Waals surface area contributed by atoms with Crippen LogP contribution in [0.5, 0.6) is 0 Å². The molecule has 2 rings (SSSR count). The monoisotopic (exact) mass is 396 g/mol. The molecule has 0 saturated heterocycles. The van der Waals surface area contributed by atoms with Crippen LogP contribution >= 0.6 is 0 Å². The van der Waals surface area contributed by atoms with Crippen molar-refractivity contribution in [1.82, 2.24) is 15.5 Å². The molecule has 1 atom stereocenters. The van der Waals surface area contributed by atoms with Crippen LogP contribution in [0.4, 0.5) is 0 Å². The molecule has 156 valence electrons. The number of carbonyl (C=O) groups is 1. The van der Waals surface area contributed by atoms with Gasteiger partial charge in [0.05, 0.1) is 6.61 Å². The summed E-state index contributed by atoms with van der Waals surface area (Å²) in [6.07, 6.45) is 0. The summed E-state index contributed by atoms with van der Waals surface area (Å²) in [4.78, 5) is 18.4. The molecule has 6 nitrogen and oxygen atoms in total. The van der Waals surface area contributed by atoms with E-state index in [0.717, 1.165) is 11.1 Å². The standard InChI is InChI=1S/C23H32N4O2/c1-4-27(5-2)22(29)20-13-11-18(12-14-20)15-25-23(24-3)26-16-21(17-28)19-9-7-6-8-10-19/h6-14,21,28H,4-5,15-17H2,1-3H3,(H2,24,25,26). The second-order valence-corrected chi connectivity index (χ2v) is 6.77. The number of nitrogens with zero attached hydrogens (tertiary/aromatic N) is 2. The normalized spacial score (nSPS) is 12.3. The molecule has 0 aliphatic rings. The minimum atomic E-state index is 0.000114. The summed E-state index contributed by atoms with van der Waals surface area (Å²) in [5, 5.41) is 16.2. The highest BCUT2D eigenvalue weighted by atomic mass is 16.3. The van der Waals surface area contributed by atoms with Crippen molar-refractivity contribution in [1.29, 1.82) is 0 Å². The van der Waals surface area contributed by atoms with E-state index in [4.69, 9.17) is 0 Å². The number of aliphatic imine (C=N–C) groups is 1. The minimum Gasteiger partial charge on any atom is -0.396 e. The molecular formula is C23H32N4O2. The lowest BCUT2D eigenvalue weighted by Gasteiger charge is -2.19. The number of hydrogen-bond donors (Lipinski definition) is 3. The van der Waals surface area contributed by atoms with Crippen molar-refractivity contribution in [3.8, 4) is 0 Å². The summed E-state index contributed by atoms with van der Waals surface area (Å²) in [5.41, 5.74) is 2.85. The van der Waals surface area contributed by atoms with Gasteiger partial charge in [0.2, 0.25) is 0 Å². The first-order valence-corrected chi connectivity index (χ1v) is 10.1. The van der Waals surface area contributed by atoms with Crippen molar-refractivity contribution >= 4 is 11.9 Å². The molecule has 2 aromatic carbocycles. The SMILES string of the molecule is CCN(CC)C(=O)c1ccc(CNC(=NC)NCC(CO)c2ccccc2)cc1. The van der Waals surface area contributed by atoms with Crippen molar-refractivity contribution in [2.75, 3.05) is 33.3 Å². The number of benzene rings is 2. The van der Waals surface area contributed by atoms with Crippen LogP contribution in [-0.2, 0) is 6.54 Å². The van der Waals surface area contributed by atoms with E-state index in [0.29, 0.717) is 37.7 Å². The van der Waals surface area contributed by atoms with Crippen molar-refractivity contribution in [3.63, 3.8) is 0 Å². The molecule has 1 amide bonds. The van der Waals surface area contributed by atoms with Crippen LogP contribution in [0, 0.1) is 0 Å². The lowest BCUT2D eigenvalue weighted by Crippen LogP contribution is -2.39. The van der Waals surface area contributed by atoms with E-state index in [-0.39, 0.29) is 18.4 Å². The Kier molecular flexibility index (Phi) is 9.18. The molecule has 6 heteroatoms. The van der Waals surface area contributed by atoms with Gasteiger partial charge in [0.1, 0.15) is 0 Å². The molecule has 0 aromatic heterocycles. The van der Waals surface area contributed by atoms with Gasteiger partial charge in [0.15, 0.2) is 5.96 Å². The maximum absolute atomic E-state index is 12.4. The second-order valence-electron chi connectivity index (χ2n) is 6.77. The highest BCUT2D eigenvalue weighted by molar-refractivity contribution is 5.94. The van der Waals surface area contributed by atoms with Crippen molar-refractivity contribution in [2.24, 2.45) is 4.99 Å². The highest BCUT2D eigenvalue weighted by Gasteiger charge is 2.13. The Morgan fingerprint density at radius 2 is 1.69 bits per heavy atom. The molecule has 29 heavy (non-hydrogen) atoms. The maximum atomic E-state index is 12.4. The fourth-order valence-corrected chi connectivity index (χ4v) is 3.10. The van der Waals surface area contributed by atoms with Gasteiger partial charge in [-0.15, -0.1) is 0 Å². The van der Waals surface area contributed by atoms with Gasteiger partial charge in [-0.2, -0.15) is 0 Å². The van der Waals surface area contributed by atoms with Gasteiger partial charge in [0.25, 0.3) is 5.91 Å². The molecular weight excluding hydrogens is 364 g/mol. The zero-order valence-corrected chi connectivity index (χ0v) is 17.6. The maximum Gasteiger partial charge on any atom is 0.253 e. The number of hydrogen-bond acceptors (Lipinski definition) is 3. The lowest BCUT2D eigenvalue weighted by atomic mass is 10.0. The predicted molar refractivity (Wildman–Crippen MR) is 118 cm³/mol. The zero-order chi connectivity index (χ0) is 21.1. The molecule has 1 unspecified atom stereocenters. The van der Waals surface area contributed by atoms with Crippen LogP contribution in [0.3, 0.4) is 0 Å². The number of amides is 1. The van der Waals surface area contributed by atoms with Crippen LogP contribution in [0.15, 0.2) is 59.6 Å². The number of rotatable bonds is 9. The van der Waals surface area contributed by atoms with Crippen molar-refractivity contribution in [2.45, 2.75) is 26.3 Å². The summed E-state index contributed by atoms with van der Waals surface area (Å²) in [5.74, 6) is 0.728. The third-order valence-corrected chi connectivity index (χ3v) is 4.94. The molecule has 0 radical (unpaired) electrons. The first kappa shape index (κ1) is 22.4. The first-order chi connectivity index (χ1) is 14.1. The molecule has 0 aliphatic carbocycles. The van der Waals surface area contributed by atoms with Gasteiger partial charge in [-0.25, -0.2) is 0 Å². The van der Waals surface area contributed by atoms with Gasteiger partial charge in [-0.05, 0) is 37.1 Å². The lowest BCUT2D eigenvalue weighted by molar-refractivity contribution is 0.0773. The largest absolute Gasteiger partial charge is 0.396 e. The summed E-state index contributed by atoms with van der Waals surface area (Å²) < 4.78 is 0. The van der Waals surface area contributed by atoms with E-state index in [2.05, 4.69) is 15.6 Å². The van der Waals surface area contributed by atoms with E-state index in [1.165, 1.54) is 0 Å². The third kappa shape index (κ3) is 6.61. The Bertz CT molecular complexity index is 771. The molecule has 3 N–H and O–H groups in total. The first-order valence-electron chi connectivity index (χ1n) is 10.1. The van der Waals surface area contributed by atoms with Gasteiger partial charge >= 0.3 is 0 Å². The van der Waals surface area contributed by atoms with Gasteiger partial charge in [0, 0.05) is 44.7 Å². The Hall–Kier alpha value is -2.86. The van der Waals surface area contributed by atoms with Crippen LogP contribution in [0.1, 0.15) is 41.3 Å². The average Bonchev–Trinajstić information content (AvgIpc) is 2.78. The number of aliphatic hydroxyl groups excluding tert-OH is 1. The van der Waals surface area contributed by atoms with Crippen LogP contribution in [0.2, 0.25) is 0 Å². The van der Waals surface area contributed by atoms with E-state index in [1.54, 1.807) is 7.05 Å². The summed E-state index contributed by atoms with van der Waals surface area (Å²) in [7, 11) is 1.72. The van der Waals surface area contributed by atoms with Crippen molar-refractivity contribution < 1.29 is 9.90 Å². The quantitative estimate of drug-likeness (QED) is 0.450. The van der Waals surface area contributed by atoms with E-state index in [9.17, 15) is 9.90 Å². The molecule has 0 saturated carbocycles. The number of guanidine groups is 1. The van der Waals surface area contributed by atoms with Crippen LogP contribution in [0.25, 0.3) is 0 Å². The van der Waals surface area contributed by atoms with E-state index in [1.807, 2.05) is 73.3 Å². The number of aliphatic hydroxyl groups is 1. The van der Waals surface area contributed by atoms with Gasteiger partial charge in [-0.3, -0.25) is 9.79 Å². The van der Waals surface area contributed by atoms with Crippen LogP contribution < -0.4 is 10.6 Å². The average molecular weight is 397 g/mol. The molecule has 2 aromatic rings. The fourth-order valence-electron chi connectivity index (χ4n) is 3.10. The zero-order valence-electron chi connectivity index (χ0n) is 17.6. The van der Waals surface area contributed by atoms with Gasteiger partial charge in [-0.1, -0.05) is 42.5 Å². The molecule has 0 aliphatic heterocycles. The predicted octanol–water partition coefficient (Wildman–Crippen LogP) is 2.61. The van der Waals surface area contributed by atoms with E-state index < -0.39 is 0 Å². The number of nitrogens with one attached hydrogen (secondary N) is 2. The highest BCUT2D eigenvalue weighted by Crippen LogP contribution is 2.13. The molecule has 0 bridgehead atoms. The third-order valence-electron chi connectivity index (χ3n) is 4.94. The Balaban J connectivity index is 1.88. The summed E-state index contributed by atoms with van der Waals surface area (Å²) in [6, 6.07) is 17.6. The van der Waals surface area contributed by atoms with Crippen LogP contribution in [-0.4, -0.2) is 55.2 Å². The fraction of sp³-hybridized carbons (Fsp3) is 0.391. The van der Waals surface area contributed by atoms with Gasteiger partial charge < -0.3 is 20.6 Å². The molecule has 0 heterocycles. The van der Waals surface area contributed by atoms with E-state index >= 15 is 0 Å². The molecule has 0 fully saturated rings. The molecule has 0 spiro atoms. The smallest absolute Gasteiger partial charge is 0.253 e. The Morgan fingerprint density at radius 3 is 2.24 bits per heavy atom. The van der Waals surface area contributed by atoms with Crippen molar-refractivity contribution in [3.05, 3.63) is 71.3 Å². The Morgan fingerprint density at radius 1 is 1.03 bits per heavy atom. The summed E-state index contributed by atoms with van der Waals surface area (Å²) in [6.45, 7) is 6.62. The minimum absolute atomic E-state index is 0.000114. The summed E-state index contributed by atoms with van der Waals surface area (Å²) >= 11 is 0. The second kappa shape index (κ2) is 11.9.